The van der Waals surface area contributed by atoms with Crippen molar-refractivity contribution >= 4 is 44.3 Å². The summed E-state index contributed by atoms with van der Waals surface area (Å²) in [6, 6.07) is 8.01. The maximum atomic E-state index is 13.7. The number of hydrogen-bond acceptors (Lipinski definition) is 5. The highest BCUT2D eigenvalue weighted by Crippen LogP contribution is 2.46. The molecule has 2 N–H and O–H groups in total. The van der Waals surface area contributed by atoms with Crippen LogP contribution in [0.15, 0.2) is 36.4 Å². The third-order valence-electron chi connectivity index (χ3n) is 3.91. The van der Waals surface area contributed by atoms with Crippen LogP contribution in [-0.4, -0.2) is 23.1 Å². The number of halogens is 4. The Kier molecular flexibility index (Phi) is 4.27. The molecule has 4 rings (SSSR count). The van der Waals surface area contributed by atoms with E-state index in [2.05, 4.69) is 10.3 Å². The molecular weight excluding hydrogens is 419 g/mol. The maximum absolute atomic E-state index is 13.7. The standard InChI is InChI=1S/C17H11ClF3N3O3S/c1-8-3-2-4-12-13(8)22-15(28-12)23-14(25)24-17(16(19,20)21)26-10-6-5-9(18)7-11(10)27-17/h2-7H,1H3,(H2,22,23,24,25). The average molecular weight is 430 g/mol. The first-order valence-corrected chi connectivity index (χ1v) is 9.06. The van der Waals surface area contributed by atoms with Gasteiger partial charge >= 0.3 is 18.1 Å². The first-order valence-electron chi connectivity index (χ1n) is 7.86. The van der Waals surface area contributed by atoms with Crippen molar-refractivity contribution in [1.29, 1.82) is 0 Å². The number of benzene rings is 2. The van der Waals surface area contributed by atoms with Crippen LogP contribution in [0.3, 0.4) is 0 Å². The molecule has 1 aliphatic heterocycles. The van der Waals surface area contributed by atoms with Crippen LogP contribution < -0.4 is 20.1 Å². The Morgan fingerprint density at radius 2 is 1.96 bits per heavy atom. The number of ether oxygens (including phenoxy) is 2. The van der Waals surface area contributed by atoms with E-state index in [9.17, 15) is 18.0 Å². The zero-order valence-corrected chi connectivity index (χ0v) is 15.6. The second kappa shape index (κ2) is 6.42. The molecule has 2 heterocycles. The Balaban J connectivity index is 1.58. The molecular formula is C17H11ClF3N3O3S. The predicted molar refractivity (Wildman–Crippen MR) is 98.0 cm³/mol. The van der Waals surface area contributed by atoms with E-state index in [1.807, 2.05) is 19.1 Å². The van der Waals surface area contributed by atoms with Gasteiger partial charge in [-0.1, -0.05) is 35.1 Å². The van der Waals surface area contributed by atoms with Crippen LogP contribution in [0.1, 0.15) is 5.56 Å². The molecule has 0 saturated heterocycles. The quantitative estimate of drug-likeness (QED) is 0.596. The van der Waals surface area contributed by atoms with E-state index in [0.29, 0.717) is 5.52 Å². The highest BCUT2D eigenvalue weighted by Gasteiger charge is 2.65. The summed E-state index contributed by atoms with van der Waals surface area (Å²) in [6.07, 6.45) is -5.07. The number of carbonyl (C=O) groups is 1. The number of alkyl halides is 3. The van der Waals surface area contributed by atoms with Crippen molar-refractivity contribution < 1.29 is 27.4 Å². The summed E-state index contributed by atoms with van der Waals surface area (Å²) in [7, 11) is 0. The molecule has 1 aliphatic rings. The molecule has 3 aromatic rings. The van der Waals surface area contributed by atoms with E-state index < -0.39 is 18.1 Å². The molecule has 0 fully saturated rings. The molecule has 28 heavy (non-hydrogen) atoms. The summed E-state index contributed by atoms with van der Waals surface area (Å²) in [5.74, 6) is -3.81. The smallest absolute Gasteiger partial charge is 0.424 e. The van der Waals surface area contributed by atoms with Crippen molar-refractivity contribution in [2.75, 3.05) is 5.32 Å². The fourth-order valence-electron chi connectivity index (χ4n) is 2.63. The SMILES string of the molecule is Cc1cccc2sc(NC(=O)NC3(C(F)(F)F)Oc4ccc(Cl)cc4O3)nc12. The first-order chi connectivity index (χ1) is 13.2. The number of aromatic nitrogens is 1. The van der Waals surface area contributed by atoms with E-state index >= 15 is 0 Å². The highest BCUT2D eigenvalue weighted by atomic mass is 35.5. The van der Waals surface area contributed by atoms with Crippen molar-refractivity contribution in [1.82, 2.24) is 10.3 Å². The number of aryl methyl sites for hydroxylation is 1. The van der Waals surface area contributed by atoms with E-state index in [-0.39, 0.29) is 21.7 Å². The third-order valence-corrected chi connectivity index (χ3v) is 5.08. The van der Waals surface area contributed by atoms with Gasteiger partial charge in [0.2, 0.25) is 0 Å². The molecule has 0 radical (unpaired) electrons. The summed E-state index contributed by atoms with van der Waals surface area (Å²) < 4.78 is 51.6. The van der Waals surface area contributed by atoms with Gasteiger partial charge in [0, 0.05) is 11.1 Å². The van der Waals surface area contributed by atoms with Crippen molar-refractivity contribution in [3.05, 3.63) is 47.0 Å². The molecule has 2 aromatic carbocycles. The summed E-state index contributed by atoms with van der Waals surface area (Å²) in [4.78, 5) is 16.5. The van der Waals surface area contributed by atoms with E-state index in [1.165, 1.54) is 18.2 Å². The summed E-state index contributed by atoms with van der Waals surface area (Å²) >= 11 is 6.90. The number of amides is 2. The lowest BCUT2D eigenvalue weighted by Gasteiger charge is -2.29. The fourth-order valence-corrected chi connectivity index (χ4v) is 3.73. The normalized spacial score (nSPS) is 18.3. The molecule has 0 spiro atoms. The number of hydrogen-bond donors (Lipinski definition) is 2. The Labute approximate surface area is 165 Å². The zero-order chi connectivity index (χ0) is 20.1. The van der Waals surface area contributed by atoms with Crippen LogP contribution in [0.5, 0.6) is 11.5 Å². The zero-order valence-electron chi connectivity index (χ0n) is 14.1. The summed E-state index contributed by atoms with van der Waals surface area (Å²) in [6.45, 7) is 1.84. The van der Waals surface area contributed by atoms with E-state index in [1.54, 1.807) is 11.4 Å². The van der Waals surface area contributed by atoms with Crippen LogP contribution >= 0.6 is 22.9 Å². The van der Waals surface area contributed by atoms with Gasteiger partial charge in [0.15, 0.2) is 16.6 Å². The van der Waals surface area contributed by atoms with Gasteiger partial charge in [0.25, 0.3) is 0 Å². The number of rotatable bonds is 2. The van der Waals surface area contributed by atoms with Crippen LogP contribution in [0.2, 0.25) is 5.02 Å². The highest BCUT2D eigenvalue weighted by molar-refractivity contribution is 7.22. The number of fused-ring (bicyclic) bond motifs is 2. The Morgan fingerprint density at radius 1 is 1.21 bits per heavy atom. The average Bonchev–Trinajstić information content (AvgIpc) is 3.16. The number of thiazole rings is 1. The minimum absolute atomic E-state index is 0.137. The summed E-state index contributed by atoms with van der Waals surface area (Å²) in [5.41, 5.74) is 1.53. The molecule has 6 nitrogen and oxygen atoms in total. The number of urea groups is 1. The lowest BCUT2D eigenvalue weighted by molar-refractivity contribution is -0.317. The molecule has 1 atom stereocenters. The molecule has 146 valence electrons. The molecule has 2 amide bonds. The predicted octanol–water partition coefficient (Wildman–Crippen LogP) is 5.07. The van der Waals surface area contributed by atoms with Gasteiger partial charge in [-0.3, -0.25) is 10.6 Å². The van der Waals surface area contributed by atoms with Gasteiger partial charge in [-0.05, 0) is 30.7 Å². The van der Waals surface area contributed by atoms with Gasteiger partial charge in [-0.2, -0.15) is 13.2 Å². The Bertz CT molecular complexity index is 1090. The van der Waals surface area contributed by atoms with E-state index in [4.69, 9.17) is 21.1 Å². The number of anilines is 1. The third kappa shape index (κ3) is 3.18. The molecule has 1 unspecified atom stereocenters. The molecule has 0 saturated carbocycles. The lowest BCUT2D eigenvalue weighted by Crippen LogP contribution is -2.65. The van der Waals surface area contributed by atoms with Crippen LogP contribution in [-0.2, 0) is 0 Å². The van der Waals surface area contributed by atoms with Crippen molar-refractivity contribution in [2.24, 2.45) is 0 Å². The summed E-state index contributed by atoms with van der Waals surface area (Å²) in [5, 5.41) is 4.30. The van der Waals surface area contributed by atoms with Crippen molar-refractivity contribution in [3.63, 3.8) is 0 Å². The topological polar surface area (TPSA) is 72.5 Å². The number of nitrogens with one attached hydrogen (secondary N) is 2. The molecule has 0 aliphatic carbocycles. The number of nitrogens with zero attached hydrogens (tertiary/aromatic N) is 1. The van der Waals surface area contributed by atoms with Crippen molar-refractivity contribution in [3.8, 4) is 11.5 Å². The fraction of sp³-hybridized carbons (Fsp3) is 0.176. The van der Waals surface area contributed by atoms with Gasteiger partial charge in [-0.15, -0.1) is 0 Å². The van der Waals surface area contributed by atoms with Crippen LogP contribution in [0.4, 0.5) is 23.1 Å². The van der Waals surface area contributed by atoms with Gasteiger partial charge in [-0.25, -0.2) is 9.78 Å². The van der Waals surface area contributed by atoms with Crippen molar-refractivity contribution in [2.45, 2.75) is 19.0 Å². The second-order valence-electron chi connectivity index (χ2n) is 5.93. The molecule has 11 heteroatoms. The maximum Gasteiger partial charge on any atom is 0.492 e. The number of carbonyl (C=O) groups excluding carboxylic acids is 1. The van der Waals surface area contributed by atoms with Crippen LogP contribution in [0, 0.1) is 6.92 Å². The largest absolute Gasteiger partial charge is 0.492 e. The van der Waals surface area contributed by atoms with Gasteiger partial charge < -0.3 is 9.47 Å². The van der Waals surface area contributed by atoms with Gasteiger partial charge in [0.1, 0.15) is 0 Å². The van der Waals surface area contributed by atoms with E-state index in [0.717, 1.165) is 21.6 Å². The van der Waals surface area contributed by atoms with Gasteiger partial charge in [0.05, 0.1) is 10.2 Å². The number of para-hydroxylation sites is 1. The Morgan fingerprint density at radius 3 is 2.68 bits per heavy atom. The minimum Gasteiger partial charge on any atom is -0.424 e. The Hall–Kier alpha value is -2.72. The lowest BCUT2D eigenvalue weighted by atomic mass is 10.2. The van der Waals surface area contributed by atoms with Crippen LogP contribution in [0.25, 0.3) is 10.2 Å². The molecule has 0 bridgehead atoms. The molecule has 1 aromatic heterocycles. The second-order valence-corrected chi connectivity index (χ2v) is 7.40. The monoisotopic (exact) mass is 429 g/mol. The minimum atomic E-state index is -5.07. The first kappa shape index (κ1) is 18.6.